The van der Waals surface area contributed by atoms with Crippen LogP contribution in [-0.2, 0) is 6.18 Å². The van der Waals surface area contributed by atoms with Crippen LogP contribution in [0.2, 0.25) is 0 Å². The first-order chi connectivity index (χ1) is 31.9. The number of hydrogen-bond donors (Lipinski definition) is 0. The average molecular weight is 848 g/mol. The molecule has 0 unspecified atom stereocenters. The molecule has 0 aliphatic rings. The van der Waals surface area contributed by atoms with E-state index >= 15 is 13.2 Å². The SMILES string of the molecule is FC(F)(F)c1cc(-c2cc(-c3ccccc3)nc(-c3ccccc3)n2)c(-n2c3ccccc3c3ccc(-c4ccccc4)cc32)c(-c2nc(-c3ccccc3)cc(-c3ccccc3)n2)c1. The van der Waals surface area contributed by atoms with Crippen molar-refractivity contribution in [1.82, 2.24) is 24.5 Å². The normalized spacial score (nSPS) is 11.6. The molecule has 0 radical (unpaired) electrons. The minimum atomic E-state index is -4.76. The number of alkyl halides is 3. The van der Waals surface area contributed by atoms with Gasteiger partial charge in [-0.3, -0.25) is 0 Å². The van der Waals surface area contributed by atoms with Crippen LogP contribution >= 0.6 is 0 Å². The quantitative estimate of drug-likeness (QED) is 0.153. The first kappa shape index (κ1) is 39.4. The fourth-order valence-corrected chi connectivity index (χ4v) is 8.57. The lowest BCUT2D eigenvalue weighted by Gasteiger charge is -2.22. The number of fused-ring (bicyclic) bond motifs is 3. The van der Waals surface area contributed by atoms with Crippen molar-refractivity contribution in [3.8, 4) is 84.6 Å². The average Bonchev–Trinajstić information content (AvgIpc) is 3.70. The Kier molecular flexibility index (Phi) is 9.89. The molecule has 0 bridgehead atoms. The molecule has 11 aromatic rings. The summed E-state index contributed by atoms with van der Waals surface area (Å²) in [5.74, 6) is 0.493. The van der Waals surface area contributed by atoms with Gasteiger partial charge >= 0.3 is 6.18 Å². The van der Waals surface area contributed by atoms with Crippen LogP contribution in [0.15, 0.2) is 218 Å². The Hall–Kier alpha value is -8.49. The third-order valence-electron chi connectivity index (χ3n) is 11.7. The molecule has 0 amide bonds. The Morgan fingerprint density at radius 1 is 0.323 bits per heavy atom. The van der Waals surface area contributed by atoms with Crippen LogP contribution in [0.5, 0.6) is 0 Å². The van der Waals surface area contributed by atoms with Crippen LogP contribution in [0.25, 0.3) is 106 Å². The molecule has 5 nitrogen and oxygen atoms in total. The van der Waals surface area contributed by atoms with Gasteiger partial charge in [0.1, 0.15) is 0 Å². The summed E-state index contributed by atoms with van der Waals surface area (Å²) in [6, 6.07) is 68.8. The van der Waals surface area contributed by atoms with Crippen LogP contribution < -0.4 is 0 Å². The minimum absolute atomic E-state index is 0.123. The Morgan fingerprint density at radius 2 is 0.754 bits per heavy atom. The van der Waals surface area contributed by atoms with Crippen LogP contribution in [0.1, 0.15) is 5.56 Å². The topological polar surface area (TPSA) is 56.5 Å². The van der Waals surface area contributed by atoms with E-state index in [-0.39, 0.29) is 17.0 Å². The smallest absolute Gasteiger partial charge is 0.308 e. The highest BCUT2D eigenvalue weighted by atomic mass is 19.4. The van der Waals surface area contributed by atoms with E-state index in [2.05, 4.69) is 22.8 Å². The highest BCUT2D eigenvalue weighted by Crippen LogP contribution is 2.46. The monoisotopic (exact) mass is 847 g/mol. The first-order valence-electron chi connectivity index (χ1n) is 21.2. The standard InChI is InChI=1S/C57H36F3N5/c58-57(59,60)43-33-46(51-36-50(40-24-12-4-13-25-40)61-55(64-51)41-26-14-5-15-27-41)54(65-52-29-17-16-28-44(52)45-31-30-42(32-53(45)65)37-18-6-1-7-19-37)47(34-43)56-62-48(38-20-8-2-9-21-38)35-49(63-56)39-22-10-3-11-23-39/h1-36H. The van der Waals surface area contributed by atoms with Gasteiger partial charge in [-0.15, -0.1) is 0 Å². The van der Waals surface area contributed by atoms with E-state index in [1.54, 1.807) is 6.07 Å². The third-order valence-corrected chi connectivity index (χ3v) is 11.7. The van der Waals surface area contributed by atoms with Gasteiger partial charge in [-0.25, -0.2) is 19.9 Å². The summed E-state index contributed by atoms with van der Waals surface area (Å²) in [6.07, 6.45) is -4.76. The van der Waals surface area contributed by atoms with E-state index < -0.39 is 11.7 Å². The van der Waals surface area contributed by atoms with E-state index in [0.717, 1.165) is 55.2 Å². The van der Waals surface area contributed by atoms with E-state index in [1.165, 1.54) is 12.1 Å². The van der Waals surface area contributed by atoms with E-state index in [4.69, 9.17) is 19.9 Å². The predicted octanol–water partition coefficient (Wildman–Crippen LogP) is 15.1. The predicted molar refractivity (Wildman–Crippen MR) is 255 cm³/mol. The van der Waals surface area contributed by atoms with Crippen molar-refractivity contribution >= 4 is 21.8 Å². The van der Waals surface area contributed by atoms with Gasteiger partial charge < -0.3 is 4.57 Å². The zero-order chi connectivity index (χ0) is 43.9. The number of para-hydroxylation sites is 1. The van der Waals surface area contributed by atoms with Crippen molar-refractivity contribution in [3.63, 3.8) is 0 Å². The number of aromatic nitrogens is 5. The van der Waals surface area contributed by atoms with Gasteiger partial charge in [-0.2, -0.15) is 13.2 Å². The summed E-state index contributed by atoms with van der Waals surface area (Å²) in [5.41, 5.74) is 8.59. The highest BCUT2D eigenvalue weighted by Gasteiger charge is 2.35. The van der Waals surface area contributed by atoms with Crippen molar-refractivity contribution in [2.75, 3.05) is 0 Å². The summed E-state index contributed by atoms with van der Waals surface area (Å²) < 4.78 is 49.2. The lowest BCUT2D eigenvalue weighted by atomic mass is 9.96. The molecule has 0 fully saturated rings. The molecule has 310 valence electrons. The largest absolute Gasteiger partial charge is 0.416 e. The highest BCUT2D eigenvalue weighted by molar-refractivity contribution is 6.11. The molecule has 8 heteroatoms. The van der Waals surface area contributed by atoms with E-state index in [9.17, 15) is 0 Å². The second-order valence-corrected chi connectivity index (χ2v) is 15.8. The van der Waals surface area contributed by atoms with Crippen LogP contribution in [0.4, 0.5) is 13.2 Å². The molecule has 0 aliphatic heterocycles. The third kappa shape index (κ3) is 7.51. The van der Waals surface area contributed by atoms with Crippen molar-refractivity contribution in [3.05, 3.63) is 224 Å². The molecular formula is C57H36F3N5. The minimum Gasteiger partial charge on any atom is -0.308 e. The van der Waals surface area contributed by atoms with Crippen LogP contribution in [0, 0.1) is 0 Å². The molecule has 0 aliphatic carbocycles. The summed E-state index contributed by atoms with van der Waals surface area (Å²) in [6.45, 7) is 0. The number of hydrogen-bond acceptors (Lipinski definition) is 4. The van der Waals surface area contributed by atoms with Crippen molar-refractivity contribution in [2.24, 2.45) is 0 Å². The van der Waals surface area contributed by atoms with Gasteiger partial charge in [0.05, 0.1) is 45.1 Å². The van der Waals surface area contributed by atoms with Gasteiger partial charge in [0.25, 0.3) is 0 Å². The second-order valence-electron chi connectivity index (χ2n) is 15.8. The fraction of sp³-hybridized carbons (Fsp3) is 0.0175. The molecule has 0 N–H and O–H groups in total. The molecule has 3 aromatic heterocycles. The van der Waals surface area contributed by atoms with Gasteiger partial charge in [-0.1, -0.05) is 182 Å². The molecule has 0 atom stereocenters. The van der Waals surface area contributed by atoms with Gasteiger partial charge in [-0.05, 0) is 47.5 Å². The Balaban J connectivity index is 1.32. The first-order valence-corrected chi connectivity index (χ1v) is 21.2. The Bertz CT molecular complexity index is 3240. The summed E-state index contributed by atoms with van der Waals surface area (Å²) in [4.78, 5) is 20.5. The second kappa shape index (κ2) is 16.3. The van der Waals surface area contributed by atoms with Crippen molar-refractivity contribution in [1.29, 1.82) is 0 Å². The van der Waals surface area contributed by atoms with Crippen LogP contribution in [0.3, 0.4) is 0 Å². The molecular weight excluding hydrogens is 812 g/mol. The van der Waals surface area contributed by atoms with Crippen LogP contribution in [-0.4, -0.2) is 24.5 Å². The zero-order valence-electron chi connectivity index (χ0n) is 34.7. The van der Waals surface area contributed by atoms with Crippen molar-refractivity contribution < 1.29 is 13.2 Å². The summed E-state index contributed by atoms with van der Waals surface area (Å²) in [5, 5.41) is 1.86. The molecule has 8 aromatic carbocycles. The molecule has 0 spiro atoms. The summed E-state index contributed by atoms with van der Waals surface area (Å²) >= 11 is 0. The maximum atomic E-state index is 15.7. The number of halogens is 3. The van der Waals surface area contributed by atoms with E-state index in [0.29, 0.717) is 34.3 Å². The zero-order valence-corrected chi connectivity index (χ0v) is 34.7. The molecule has 0 saturated heterocycles. The van der Waals surface area contributed by atoms with Gasteiger partial charge in [0.2, 0.25) is 0 Å². The maximum absolute atomic E-state index is 15.7. The Labute approximate surface area is 372 Å². The Morgan fingerprint density at radius 3 is 1.31 bits per heavy atom. The number of rotatable bonds is 8. The number of nitrogens with zero attached hydrogens (tertiary/aromatic N) is 5. The molecule has 0 saturated carbocycles. The van der Waals surface area contributed by atoms with E-state index in [1.807, 2.05) is 182 Å². The van der Waals surface area contributed by atoms with Crippen molar-refractivity contribution in [2.45, 2.75) is 6.18 Å². The fourth-order valence-electron chi connectivity index (χ4n) is 8.57. The lowest BCUT2D eigenvalue weighted by Crippen LogP contribution is -2.11. The maximum Gasteiger partial charge on any atom is 0.416 e. The molecule has 11 rings (SSSR count). The van der Waals surface area contributed by atoms with Gasteiger partial charge in [0.15, 0.2) is 11.6 Å². The molecule has 65 heavy (non-hydrogen) atoms. The molecule has 3 heterocycles. The van der Waals surface area contributed by atoms with Gasteiger partial charge in [0, 0.05) is 44.2 Å². The summed E-state index contributed by atoms with van der Waals surface area (Å²) in [7, 11) is 0. The lowest BCUT2D eigenvalue weighted by molar-refractivity contribution is -0.137. The number of benzene rings is 8.